The molecule has 5 heteroatoms. The van der Waals surface area contributed by atoms with E-state index in [4.69, 9.17) is 19.4 Å². The molecule has 0 atom stereocenters. The minimum Gasteiger partial charge on any atom is -0.455 e. The van der Waals surface area contributed by atoms with Crippen molar-refractivity contribution in [3.63, 3.8) is 0 Å². The molecule has 0 aliphatic heterocycles. The lowest BCUT2D eigenvalue weighted by molar-refractivity contribution is -0.355. The lowest BCUT2D eigenvalue weighted by Gasteiger charge is -2.10. The molecule has 0 bridgehead atoms. The minimum atomic E-state index is 0.616. The van der Waals surface area contributed by atoms with Crippen LogP contribution >= 0.6 is 0 Å². The van der Waals surface area contributed by atoms with Crippen LogP contribution in [0.3, 0.4) is 0 Å². The minimum absolute atomic E-state index is 0.616. The third-order valence-corrected chi connectivity index (χ3v) is 9.57. The first-order valence-corrected chi connectivity index (χ1v) is 17.0. The summed E-state index contributed by atoms with van der Waals surface area (Å²) in [4.78, 5) is 19.2. The summed E-state index contributed by atoms with van der Waals surface area (Å²) in [6.45, 7) is 0. The van der Waals surface area contributed by atoms with Gasteiger partial charge in [0.1, 0.15) is 16.9 Å². The maximum atomic E-state index is 6.72. The van der Waals surface area contributed by atoms with Crippen LogP contribution in [-0.2, 0) is 0 Å². The molecule has 0 spiro atoms. The number of nitrogens with one attached hydrogen (secondary N) is 1. The highest BCUT2D eigenvalue weighted by Gasteiger charge is 2.24. The van der Waals surface area contributed by atoms with Gasteiger partial charge in [0.2, 0.25) is 0 Å². The molecule has 0 amide bonds. The van der Waals surface area contributed by atoms with E-state index in [1.54, 1.807) is 0 Å². The summed E-state index contributed by atoms with van der Waals surface area (Å²) in [6, 6.07) is 58.3. The number of rotatable bonds is 5. The molecule has 3 aromatic heterocycles. The van der Waals surface area contributed by atoms with Gasteiger partial charge >= 0.3 is 5.82 Å². The second kappa shape index (κ2) is 11.9. The average molecular weight is 654 g/mol. The molecule has 51 heavy (non-hydrogen) atoms. The molecule has 5 nitrogen and oxygen atoms in total. The van der Waals surface area contributed by atoms with Crippen LogP contribution in [0.15, 0.2) is 174 Å². The fourth-order valence-electron chi connectivity index (χ4n) is 7.11. The van der Waals surface area contributed by atoms with Crippen LogP contribution in [0.1, 0.15) is 0 Å². The van der Waals surface area contributed by atoms with Crippen molar-refractivity contribution in [3.8, 4) is 56.5 Å². The molecule has 0 aliphatic carbocycles. The van der Waals surface area contributed by atoms with Crippen LogP contribution in [0.4, 0.5) is 0 Å². The largest absolute Gasteiger partial charge is 0.455 e. The maximum Gasteiger partial charge on any atom is 0.330 e. The van der Waals surface area contributed by atoms with Gasteiger partial charge in [0, 0.05) is 38.9 Å². The lowest BCUT2D eigenvalue weighted by Crippen LogP contribution is -2.14. The quantitative estimate of drug-likeness (QED) is 0.185. The predicted octanol–water partition coefficient (Wildman–Crippen LogP) is 11.2. The van der Waals surface area contributed by atoms with Crippen molar-refractivity contribution in [1.82, 2.24) is 15.0 Å². The average Bonchev–Trinajstić information content (AvgIpc) is 3.60. The Morgan fingerprint density at radius 2 is 1.18 bits per heavy atom. The number of benzene rings is 7. The molecule has 0 saturated carbocycles. The number of hydrogen-bond acceptors (Lipinski definition) is 4. The molecule has 3 heterocycles. The van der Waals surface area contributed by atoms with E-state index in [9.17, 15) is 0 Å². The van der Waals surface area contributed by atoms with Gasteiger partial charge in [-0.1, -0.05) is 133 Å². The molecular weight excluding hydrogens is 625 g/mol. The Balaban J connectivity index is 1.18. The molecule has 10 aromatic rings. The van der Waals surface area contributed by atoms with Crippen molar-refractivity contribution in [2.75, 3.05) is 0 Å². The van der Waals surface area contributed by atoms with Crippen molar-refractivity contribution in [2.24, 2.45) is 0 Å². The Bertz CT molecular complexity index is 2860. The summed E-state index contributed by atoms with van der Waals surface area (Å²) in [5.41, 5.74) is 10.1. The van der Waals surface area contributed by atoms with Crippen molar-refractivity contribution in [3.05, 3.63) is 170 Å². The first-order valence-electron chi connectivity index (χ1n) is 17.0. The highest BCUT2D eigenvalue weighted by Crippen LogP contribution is 2.40. The molecule has 7 aromatic carbocycles. The van der Waals surface area contributed by atoms with Crippen LogP contribution in [0.2, 0.25) is 0 Å². The number of aromatic nitrogens is 4. The summed E-state index contributed by atoms with van der Waals surface area (Å²) < 4.78 is 6.72. The van der Waals surface area contributed by atoms with Crippen LogP contribution < -0.4 is 4.98 Å². The number of fused-ring (bicyclic) bond motifs is 5. The van der Waals surface area contributed by atoms with Gasteiger partial charge in [0.25, 0.3) is 0 Å². The smallest absolute Gasteiger partial charge is 0.330 e. The highest BCUT2D eigenvalue weighted by molar-refractivity contribution is 6.14. The Morgan fingerprint density at radius 1 is 0.471 bits per heavy atom. The predicted molar refractivity (Wildman–Crippen MR) is 206 cm³/mol. The second-order valence-corrected chi connectivity index (χ2v) is 12.7. The first-order chi connectivity index (χ1) is 25.3. The van der Waals surface area contributed by atoms with Crippen LogP contribution in [0.5, 0.6) is 0 Å². The molecule has 1 N–H and O–H groups in total. The zero-order valence-corrected chi connectivity index (χ0v) is 27.4. The van der Waals surface area contributed by atoms with E-state index in [1.807, 2.05) is 60.7 Å². The Morgan fingerprint density at radius 3 is 2.04 bits per heavy atom. The highest BCUT2D eigenvalue weighted by atomic mass is 16.3. The van der Waals surface area contributed by atoms with Gasteiger partial charge < -0.3 is 4.42 Å². The van der Waals surface area contributed by atoms with E-state index >= 15 is 0 Å². The van der Waals surface area contributed by atoms with Gasteiger partial charge in [-0.25, -0.2) is 15.0 Å². The number of hydrogen-bond donors (Lipinski definition) is 0. The third kappa shape index (κ3) is 5.03. The van der Waals surface area contributed by atoms with E-state index < -0.39 is 0 Å². The maximum absolute atomic E-state index is 6.72. The SMILES string of the molecule is c1ccc(-c2cc(-c3ccccc3)[nH+]c(-c3cccc4oc5c(-c6nc(-c7ccc8ccccc8c7)c7ccccc7n6)cccc5c34)n2)cc1. The molecule has 0 saturated heterocycles. The standard InChI is InChI=1S/C46H28N4O/c1-3-14-30(15-4-1)39-28-40(31-16-5-2-6-17-31)49-45(48-39)36-21-12-24-41-42(36)35-20-11-22-37(44(35)51-41)46-47-38-23-10-9-19-34(38)43(50-46)33-26-25-29-13-7-8-18-32(29)27-33/h1-28H/p+1. The first kappa shape index (κ1) is 29.0. The zero-order chi connectivity index (χ0) is 33.7. The number of para-hydroxylation sites is 2. The molecular formula is C46H29N4O+. The van der Waals surface area contributed by atoms with E-state index in [0.717, 1.165) is 83.6 Å². The van der Waals surface area contributed by atoms with E-state index in [0.29, 0.717) is 5.82 Å². The van der Waals surface area contributed by atoms with E-state index in [1.165, 1.54) is 10.8 Å². The molecule has 238 valence electrons. The zero-order valence-electron chi connectivity index (χ0n) is 27.4. The van der Waals surface area contributed by atoms with Gasteiger partial charge in [0.05, 0.1) is 22.3 Å². The molecule has 0 aliphatic rings. The van der Waals surface area contributed by atoms with Crippen LogP contribution in [-0.4, -0.2) is 15.0 Å². The molecule has 0 radical (unpaired) electrons. The molecule has 0 unspecified atom stereocenters. The van der Waals surface area contributed by atoms with Crippen molar-refractivity contribution < 1.29 is 9.40 Å². The van der Waals surface area contributed by atoms with Crippen LogP contribution in [0.25, 0.3) is 100 Å². The van der Waals surface area contributed by atoms with Gasteiger partial charge in [-0.2, -0.15) is 0 Å². The summed E-state index contributed by atoms with van der Waals surface area (Å²) in [7, 11) is 0. The molecule has 10 rings (SSSR count). The number of H-pyrrole nitrogens is 1. The van der Waals surface area contributed by atoms with E-state index in [2.05, 4.69) is 114 Å². The van der Waals surface area contributed by atoms with Crippen molar-refractivity contribution in [2.45, 2.75) is 0 Å². The van der Waals surface area contributed by atoms with Gasteiger partial charge in [-0.05, 0) is 46.1 Å². The Labute approximate surface area is 293 Å². The van der Waals surface area contributed by atoms with Gasteiger partial charge in [-0.3, -0.25) is 0 Å². The fourth-order valence-corrected chi connectivity index (χ4v) is 7.11. The summed E-state index contributed by atoms with van der Waals surface area (Å²) >= 11 is 0. The second-order valence-electron chi connectivity index (χ2n) is 12.7. The monoisotopic (exact) mass is 653 g/mol. The van der Waals surface area contributed by atoms with Crippen molar-refractivity contribution in [1.29, 1.82) is 0 Å². The van der Waals surface area contributed by atoms with Crippen LogP contribution in [0, 0.1) is 0 Å². The van der Waals surface area contributed by atoms with Gasteiger partial charge in [-0.15, -0.1) is 0 Å². The number of furan rings is 1. The number of nitrogens with zero attached hydrogens (tertiary/aromatic N) is 3. The Hall–Kier alpha value is -6.98. The summed E-state index contributed by atoms with van der Waals surface area (Å²) in [5, 5.41) is 5.33. The normalized spacial score (nSPS) is 11.5. The lowest BCUT2D eigenvalue weighted by atomic mass is 10.0. The number of aromatic amines is 1. The van der Waals surface area contributed by atoms with E-state index in [-0.39, 0.29) is 0 Å². The fraction of sp³-hybridized carbons (Fsp3) is 0. The molecule has 0 fully saturated rings. The topological polar surface area (TPSA) is 66.0 Å². The van der Waals surface area contributed by atoms with Gasteiger partial charge in [0.15, 0.2) is 11.5 Å². The summed E-state index contributed by atoms with van der Waals surface area (Å²) in [6.07, 6.45) is 0. The third-order valence-electron chi connectivity index (χ3n) is 9.57. The Kier molecular flexibility index (Phi) is 6.74. The van der Waals surface area contributed by atoms with Crippen molar-refractivity contribution >= 4 is 43.6 Å². The summed E-state index contributed by atoms with van der Waals surface area (Å²) in [5.74, 6) is 1.37.